The standard InChI is InChI=1S/C9H7BrClNO4/c10-4-6-1-7(11)8(12(15)16)2-5(6)3-9(13)14/h1-2H,3-4H2,(H,13,14). The molecule has 0 saturated heterocycles. The van der Waals surface area contributed by atoms with Gasteiger partial charge in [-0.3, -0.25) is 14.9 Å². The van der Waals surface area contributed by atoms with E-state index in [2.05, 4.69) is 15.9 Å². The third-order valence-electron chi connectivity index (χ3n) is 1.95. The number of rotatable bonds is 4. The van der Waals surface area contributed by atoms with Crippen LogP contribution in [0.15, 0.2) is 12.1 Å². The van der Waals surface area contributed by atoms with E-state index in [-0.39, 0.29) is 17.1 Å². The van der Waals surface area contributed by atoms with Crippen molar-refractivity contribution in [1.82, 2.24) is 0 Å². The highest BCUT2D eigenvalue weighted by Crippen LogP contribution is 2.29. The van der Waals surface area contributed by atoms with E-state index in [0.29, 0.717) is 16.5 Å². The summed E-state index contributed by atoms with van der Waals surface area (Å²) in [6.07, 6.45) is -0.265. The molecule has 0 aromatic heterocycles. The number of hydrogen-bond acceptors (Lipinski definition) is 3. The Morgan fingerprint density at radius 2 is 2.12 bits per heavy atom. The van der Waals surface area contributed by atoms with Crippen molar-refractivity contribution in [3.63, 3.8) is 0 Å². The zero-order valence-corrected chi connectivity index (χ0v) is 10.3. The van der Waals surface area contributed by atoms with Gasteiger partial charge in [-0.05, 0) is 17.2 Å². The van der Waals surface area contributed by atoms with Crippen LogP contribution in [0.25, 0.3) is 0 Å². The van der Waals surface area contributed by atoms with Crippen LogP contribution in [0, 0.1) is 10.1 Å². The van der Waals surface area contributed by atoms with Gasteiger partial charge >= 0.3 is 5.97 Å². The lowest BCUT2D eigenvalue weighted by atomic mass is 10.1. The van der Waals surface area contributed by atoms with Crippen molar-refractivity contribution in [2.45, 2.75) is 11.8 Å². The van der Waals surface area contributed by atoms with Crippen LogP contribution >= 0.6 is 27.5 Å². The minimum atomic E-state index is -1.04. The van der Waals surface area contributed by atoms with Gasteiger partial charge in [0.1, 0.15) is 5.02 Å². The molecule has 0 atom stereocenters. The molecule has 7 heteroatoms. The van der Waals surface area contributed by atoms with E-state index in [1.54, 1.807) is 0 Å². The van der Waals surface area contributed by atoms with Crippen LogP contribution in [0.4, 0.5) is 5.69 Å². The first-order valence-electron chi connectivity index (χ1n) is 4.19. The number of halogens is 2. The van der Waals surface area contributed by atoms with Crippen molar-refractivity contribution in [2.24, 2.45) is 0 Å². The predicted molar refractivity (Wildman–Crippen MR) is 62.1 cm³/mol. The molecule has 0 fully saturated rings. The fourth-order valence-electron chi connectivity index (χ4n) is 1.24. The Morgan fingerprint density at radius 3 is 2.56 bits per heavy atom. The van der Waals surface area contributed by atoms with Crippen LogP contribution in [-0.2, 0) is 16.5 Å². The Morgan fingerprint density at radius 1 is 1.50 bits per heavy atom. The summed E-state index contributed by atoms with van der Waals surface area (Å²) in [7, 11) is 0. The van der Waals surface area contributed by atoms with Crippen LogP contribution in [-0.4, -0.2) is 16.0 Å². The third-order valence-corrected chi connectivity index (χ3v) is 2.86. The average molecular weight is 309 g/mol. The van der Waals surface area contributed by atoms with Crippen molar-refractivity contribution in [2.75, 3.05) is 0 Å². The van der Waals surface area contributed by atoms with Crippen LogP contribution < -0.4 is 0 Å². The number of hydrogen-bond donors (Lipinski definition) is 1. The van der Waals surface area contributed by atoms with Crippen molar-refractivity contribution in [1.29, 1.82) is 0 Å². The lowest BCUT2D eigenvalue weighted by Gasteiger charge is -2.06. The second-order valence-electron chi connectivity index (χ2n) is 3.03. The van der Waals surface area contributed by atoms with Gasteiger partial charge in [-0.25, -0.2) is 0 Å². The largest absolute Gasteiger partial charge is 0.481 e. The van der Waals surface area contributed by atoms with Gasteiger partial charge in [-0.2, -0.15) is 0 Å². The first-order valence-corrected chi connectivity index (χ1v) is 5.69. The first-order chi connectivity index (χ1) is 7.45. The van der Waals surface area contributed by atoms with E-state index in [9.17, 15) is 14.9 Å². The molecule has 0 spiro atoms. The maximum atomic E-state index is 10.6. The molecule has 1 aromatic carbocycles. The second kappa shape index (κ2) is 5.27. The quantitative estimate of drug-likeness (QED) is 0.527. The predicted octanol–water partition coefficient (Wildman–Crippen LogP) is 2.77. The molecule has 16 heavy (non-hydrogen) atoms. The van der Waals surface area contributed by atoms with Gasteiger partial charge in [0, 0.05) is 11.4 Å². The molecule has 0 saturated carbocycles. The highest BCUT2D eigenvalue weighted by Gasteiger charge is 2.17. The highest BCUT2D eigenvalue weighted by atomic mass is 79.9. The molecule has 0 aliphatic carbocycles. The maximum absolute atomic E-state index is 10.6. The van der Waals surface area contributed by atoms with E-state index in [0.717, 1.165) is 0 Å². The minimum Gasteiger partial charge on any atom is -0.481 e. The summed E-state index contributed by atoms with van der Waals surface area (Å²) >= 11 is 8.87. The molecule has 0 radical (unpaired) electrons. The van der Waals surface area contributed by atoms with Gasteiger partial charge in [-0.1, -0.05) is 27.5 Å². The molecule has 0 aliphatic heterocycles. The van der Waals surface area contributed by atoms with Gasteiger partial charge < -0.3 is 5.11 Å². The number of benzene rings is 1. The highest BCUT2D eigenvalue weighted by molar-refractivity contribution is 9.08. The smallest absolute Gasteiger partial charge is 0.307 e. The van der Waals surface area contributed by atoms with E-state index in [1.807, 2.05) is 0 Å². The number of alkyl halides is 1. The van der Waals surface area contributed by atoms with Gasteiger partial charge in [0.05, 0.1) is 11.3 Å². The summed E-state index contributed by atoms with van der Waals surface area (Å²) in [5, 5.41) is 19.7. The molecule has 1 aromatic rings. The molecule has 0 bridgehead atoms. The first kappa shape index (κ1) is 12.9. The van der Waals surface area contributed by atoms with Crippen LogP contribution in [0.1, 0.15) is 11.1 Å². The molecule has 0 amide bonds. The summed E-state index contributed by atoms with van der Waals surface area (Å²) in [5.74, 6) is -1.04. The zero-order chi connectivity index (χ0) is 12.3. The van der Waals surface area contributed by atoms with Crippen molar-refractivity contribution in [3.8, 4) is 0 Å². The normalized spacial score (nSPS) is 10.1. The van der Waals surface area contributed by atoms with E-state index >= 15 is 0 Å². The van der Waals surface area contributed by atoms with E-state index in [1.165, 1.54) is 12.1 Å². The van der Waals surface area contributed by atoms with Crippen molar-refractivity contribution < 1.29 is 14.8 Å². The number of nitrogens with zero attached hydrogens (tertiary/aromatic N) is 1. The number of carbonyl (C=O) groups is 1. The van der Waals surface area contributed by atoms with Crippen LogP contribution in [0.3, 0.4) is 0 Å². The molecular weight excluding hydrogens is 301 g/mol. The Kier molecular flexibility index (Phi) is 4.26. The van der Waals surface area contributed by atoms with E-state index in [4.69, 9.17) is 16.7 Å². The summed E-state index contributed by atoms with van der Waals surface area (Å²) in [4.78, 5) is 20.6. The number of nitro groups is 1. The van der Waals surface area contributed by atoms with E-state index < -0.39 is 10.9 Å². The Balaban J connectivity index is 3.28. The van der Waals surface area contributed by atoms with Crippen LogP contribution in [0.5, 0.6) is 0 Å². The van der Waals surface area contributed by atoms with Crippen molar-refractivity contribution in [3.05, 3.63) is 38.4 Å². The van der Waals surface area contributed by atoms with Gasteiger partial charge in [-0.15, -0.1) is 0 Å². The molecule has 5 nitrogen and oxygen atoms in total. The molecular formula is C9H7BrClNO4. The van der Waals surface area contributed by atoms with Gasteiger partial charge in [0.2, 0.25) is 0 Å². The SMILES string of the molecule is O=C(O)Cc1cc([N+](=O)[O-])c(Cl)cc1CBr. The molecule has 86 valence electrons. The molecule has 0 aliphatic rings. The lowest BCUT2D eigenvalue weighted by Crippen LogP contribution is -2.04. The fraction of sp³-hybridized carbons (Fsp3) is 0.222. The number of aliphatic carboxylic acids is 1. The molecule has 1 rings (SSSR count). The number of carboxylic acid groups (broad SMARTS) is 1. The van der Waals surface area contributed by atoms with Gasteiger partial charge in [0.15, 0.2) is 0 Å². The number of nitro benzene ring substituents is 1. The molecule has 0 unspecified atom stereocenters. The fourth-order valence-corrected chi connectivity index (χ4v) is 2.02. The third kappa shape index (κ3) is 2.93. The second-order valence-corrected chi connectivity index (χ2v) is 4.00. The Labute approximate surface area is 104 Å². The van der Waals surface area contributed by atoms with Crippen LogP contribution in [0.2, 0.25) is 5.02 Å². The minimum absolute atomic E-state index is 0.00795. The summed E-state index contributed by atoms with van der Waals surface area (Å²) in [6.45, 7) is 0. The summed E-state index contributed by atoms with van der Waals surface area (Å²) < 4.78 is 0. The monoisotopic (exact) mass is 307 g/mol. The Hall–Kier alpha value is -1.14. The Bertz CT molecular complexity index is 449. The maximum Gasteiger partial charge on any atom is 0.307 e. The topological polar surface area (TPSA) is 80.4 Å². The number of carboxylic acids is 1. The lowest BCUT2D eigenvalue weighted by molar-refractivity contribution is -0.384. The average Bonchev–Trinajstić information content (AvgIpc) is 2.18. The van der Waals surface area contributed by atoms with Gasteiger partial charge in [0.25, 0.3) is 5.69 Å². The summed E-state index contributed by atoms with van der Waals surface area (Å²) in [6, 6.07) is 2.61. The summed E-state index contributed by atoms with van der Waals surface area (Å²) in [5.41, 5.74) is 0.751. The molecule has 1 N–H and O–H groups in total. The van der Waals surface area contributed by atoms with Crippen molar-refractivity contribution >= 4 is 39.2 Å². The molecule has 0 heterocycles. The zero-order valence-electron chi connectivity index (χ0n) is 7.94.